The third-order valence-electron chi connectivity index (χ3n) is 3.72. The first-order valence-corrected chi connectivity index (χ1v) is 6.32. The molecule has 0 unspecified atom stereocenters. The molecule has 4 heteroatoms. The zero-order chi connectivity index (χ0) is 12.7. The number of carbonyl (C=O) groups excluding carboxylic acids is 1. The van der Waals surface area contributed by atoms with Crippen LogP contribution in [0.4, 0.5) is 5.69 Å². The van der Waals surface area contributed by atoms with Crippen LogP contribution in [0, 0.1) is 5.92 Å². The molecule has 2 aliphatic rings. The third-order valence-corrected chi connectivity index (χ3v) is 3.72. The fourth-order valence-electron chi connectivity index (χ4n) is 2.45. The summed E-state index contributed by atoms with van der Waals surface area (Å²) in [7, 11) is 0. The van der Waals surface area contributed by atoms with Gasteiger partial charge in [-0.3, -0.25) is 4.79 Å². The van der Waals surface area contributed by atoms with Gasteiger partial charge in [0.1, 0.15) is 0 Å². The maximum atomic E-state index is 11.9. The third kappa shape index (κ3) is 1.98. The Balaban J connectivity index is 1.85. The highest BCUT2D eigenvalue weighted by atomic mass is 16.4. The quantitative estimate of drug-likeness (QED) is 0.883. The second-order valence-corrected chi connectivity index (χ2v) is 5.10. The van der Waals surface area contributed by atoms with E-state index in [2.05, 4.69) is 0 Å². The Labute approximate surface area is 105 Å². The number of aromatic carboxylic acids is 1. The number of benzene rings is 1. The molecular formula is C14H15NO3. The first kappa shape index (κ1) is 11.3. The average Bonchev–Trinajstić information content (AvgIpc) is 3.10. The summed E-state index contributed by atoms with van der Waals surface area (Å²) in [6, 6.07) is 4.95. The Morgan fingerprint density at radius 3 is 2.83 bits per heavy atom. The lowest BCUT2D eigenvalue weighted by Crippen LogP contribution is -2.28. The van der Waals surface area contributed by atoms with Crippen LogP contribution in [0.5, 0.6) is 0 Å². The SMILES string of the molecule is O=C(O)c1ccc2c(c1)N(CCC1CC1)C(=O)C2. The Hall–Kier alpha value is -1.84. The number of rotatable bonds is 4. The molecule has 0 aromatic heterocycles. The van der Waals surface area contributed by atoms with Gasteiger partial charge in [-0.15, -0.1) is 0 Å². The fourth-order valence-corrected chi connectivity index (χ4v) is 2.45. The predicted octanol–water partition coefficient (Wildman–Crippen LogP) is 2.07. The van der Waals surface area contributed by atoms with Gasteiger partial charge in [-0.2, -0.15) is 0 Å². The average molecular weight is 245 g/mol. The minimum Gasteiger partial charge on any atom is -0.478 e. The number of carboxylic acid groups (broad SMARTS) is 1. The zero-order valence-electron chi connectivity index (χ0n) is 10.1. The van der Waals surface area contributed by atoms with Crippen molar-refractivity contribution in [3.05, 3.63) is 29.3 Å². The van der Waals surface area contributed by atoms with Gasteiger partial charge in [-0.05, 0) is 30.0 Å². The summed E-state index contributed by atoms with van der Waals surface area (Å²) in [5.41, 5.74) is 1.99. The molecule has 4 nitrogen and oxygen atoms in total. The molecule has 1 aliphatic heterocycles. The van der Waals surface area contributed by atoms with Crippen molar-refractivity contribution in [1.82, 2.24) is 0 Å². The Kier molecular flexibility index (Phi) is 2.58. The van der Waals surface area contributed by atoms with Crippen LogP contribution in [0.25, 0.3) is 0 Å². The van der Waals surface area contributed by atoms with E-state index in [1.54, 1.807) is 23.1 Å². The molecule has 94 valence electrons. The van der Waals surface area contributed by atoms with Crippen molar-refractivity contribution in [1.29, 1.82) is 0 Å². The Bertz CT molecular complexity index is 520. The van der Waals surface area contributed by atoms with Gasteiger partial charge in [0.2, 0.25) is 5.91 Å². The molecule has 1 amide bonds. The fraction of sp³-hybridized carbons (Fsp3) is 0.429. The lowest BCUT2D eigenvalue weighted by atomic mass is 10.1. The van der Waals surface area contributed by atoms with Gasteiger partial charge in [0.05, 0.1) is 12.0 Å². The number of carbonyl (C=O) groups is 2. The normalized spacial score (nSPS) is 18.0. The second-order valence-electron chi connectivity index (χ2n) is 5.10. The molecule has 1 N–H and O–H groups in total. The molecule has 18 heavy (non-hydrogen) atoms. The highest BCUT2D eigenvalue weighted by Crippen LogP contribution is 2.35. The minimum atomic E-state index is -0.945. The van der Waals surface area contributed by atoms with Crippen molar-refractivity contribution in [2.75, 3.05) is 11.4 Å². The maximum Gasteiger partial charge on any atom is 0.335 e. The summed E-state index contributed by atoms with van der Waals surface area (Å²) in [6.45, 7) is 0.722. The monoisotopic (exact) mass is 245 g/mol. The Morgan fingerprint density at radius 2 is 2.17 bits per heavy atom. The number of hydrogen-bond donors (Lipinski definition) is 1. The number of amides is 1. The molecule has 3 rings (SSSR count). The first-order valence-electron chi connectivity index (χ1n) is 6.32. The van der Waals surface area contributed by atoms with E-state index in [9.17, 15) is 9.59 Å². The van der Waals surface area contributed by atoms with E-state index < -0.39 is 5.97 Å². The van der Waals surface area contributed by atoms with Crippen molar-refractivity contribution in [3.63, 3.8) is 0 Å². The number of carboxylic acids is 1. The highest BCUT2D eigenvalue weighted by Gasteiger charge is 2.30. The van der Waals surface area contributed by atoms with E-state index in [1.165, 1.54) is 12.8 Å². The number of anilines is 1. The standard InChI is InChI=1S/C14H15NO3/c16-13-8-10-3-4-11(14(17)18)7-12(10)15(13)6-5-9-1-2-9/h3-4,7,9H,1-2,5-6,8H2,(H,17,18). The van der Waals surface area contributed by atoms with Crippen LogP contribution < -0.4 is 4.90 Å². The number of hydrogen-bond acceptors (Lipinski definition) is 2. The molecule has 0 radical (unpaired) electrons. The van der Waals surface area contributed by atoms with Crippen molar-refractivity contribution in [2.24, 2.45) is 5.92 Å². The van der Waals surface area contributed by atoms with E-state index in [1.807, 2.05) is 0 Å². The number of nitrogens with zero attached hydrogens (tertiary/aromatic N) is 1. The smallest absolute Gasteiger partial charge is 0.335 e. The van der Waals surface area contributed by atoms with Crippen LogP contribution in [-0.4, -0.2) is 23.5 Å². The summed E-state index contributed by atoms with van der Waals surface area (Å²) in [4.78, 5) is 24.6. The molecule has 0 bridgehead atoms. The minimum absolute atomic E-state index is 0.0909. The zero-order valence-corrected chi connectivity index (χ0v) is 10.1. The molecule has 1 aromatic carbocycles. The molecule has 0 saturated heterocycles. The molecule has 1 aliphatic carbocycles. The van der Waals surface area contributed by atoms with E-state index >= 15 is 0 Å². The van der Waals surface area contributed by atoms with Crippen LogP contribution in [0.15, 0.2) is 18.2 Å². The van der Waals surface area contributed by atoms with E-state index in [0.29, 0.717) is 6.42 Å². The summed E-state index contributed by atoms with van der Waals surface area (Å²) in [5, 5.41) is 8.99. The summed E-state index contributed by atoms with van der Waals surface area (Å²) in [5.74, 6) is -0.0861. The van der Waals surface area contributed by atoms with Crippen LogP contribution in [0.1, 0.15) is 35.2 Å². The van der Waals surface area contributed by atoms with Crippen molar-refractivity contribution in [3.8, 4) is 0 Å². The first-order chi connectivity index (χ1) is 8.65. The molecule has 1 saturated carbocycles. The van der Waals surface area contributed by atoms with E-state index in [-0.39, 0.29) is 11.5 Å². The topological polar surface area (TPSA) is 57.6 Å². The second kappa shape index (κ2) is 4.12. The van der Waals surface area contributed by atoms with Gasteiger partial charge < -0.3 is 10.0 Å². The maximum absolute atomic E-state index is 11.9. The van der Waals surface area contributed by atoms with Gasteiger partial charge in [-0.1, -0.05) is 18.9 Å². The predicted molar refractivity (Wildman–Crippen MR) is 66.8 cm³/mol. The van der Waals surface area contributed by atoms with Gasteiger partial charge in [0.15, 0.2) is 0 Å². The van der Waals surface area contributed by atoms with Gasteiger partial charge >= 0.3 is 5.97 Å². The largest absolute Gasteiger partial charge is 0.478 e. The van der Waals surface area contributed by atoms with E-state index in [0.717, 1.165) is 30.1 Å². The molecule has 1 fully saturated rings. The Morgan fingerprint density at radius 1 is 1.39 bits per heavy atom. The van der Waals surface area contributed by atoms with Crippen molar-refractivity contribution < 1.29 is 14.7 Å². The molecule has 0 spiro atoms. The number of fused-ring (bicyclic) bond motifs is 1. The van der Waals surface area contributed by atoms with Gasteiger partial charge in [0.25, 0.3) is 0 Å². The van der Waals surface area contributed by atoms with Crippen LogP contribution in [-0.2, 0) is 11.2 Å². The van der Waals surface area contributed by atoms with Gasteiger partial charge in [0, 0.05) is 12.2 Å². The molecule has 0 atom stereocenters. The summed E-state index contributed by atoms with van der Waals surface area (Å²) < 4.78 is 0. The lowest BCUT2D eigenvalue weighted by Gasteiger charge is -2.17. The lowest BCUT2D eigenvalue weighted by molar-refractivity contribution is -0.117. The summed E-state index contributed by atoms with van der Waals surface area (Å²) in [6.07, 6.45) is 3.97. The van der Waals surface area contributed by atoms with Gasteiger partial charge in [-0.25, -0.2) is 4.79 Å². The molecular weight excluding hydrogens is 230 g/mol. The van der Waals surface area contributed by atoms with E-state index in [4.69, 9.17) is 5.11 Å². The molecule has 1 heterocycles. The summed E-state index contributed by atoms with van der Waals surface area (Å²) >= 11 is 0. The molecule has 1 aromatic rings. The van der Waals surface area contributed by atoms with Crippen molar-refractivity contribution >= 4 is 17.6 Å². The van der Waals surface area contributed by atoms with Crippen LogP contribution >= 0.6 is 0 Å². The van der Waals surface area contributed by atoms with Crippen molar-refractivity contribution in [2.45, 2.75) is 25.7 Å². The highest BCUT2D eigenvalue weighted by molar-refractivity contribution is 6.03. The van der Waals surface area contributed by atoms with Crippen LogP contribution in [0.2, 0.25) is 0 Å². The van der Waals surface area contributed by atoms with Crippen LogP contribution in [0.3, 0.4) is 0 Å².